The Balaban J connectivity index is 2.17. The van der Waals surface area contributed by atoms with Crippen molar-refractivity contribution in [1.82, 2.24) is 5.32 Å². The van der Waals surface area contributed by atoms with Gasteiger partial charge in [0, 0.05) is 22.4 Å². The van der Waals surface area contributed by atoms with Gasteiger partial charge in [-0.1, -0.05) is 43.0 Å². The Morgan fingerprint density at radius 1 is 1.18 bits per heavy atom. The van der Waals surface area contributed by atoms with Gasteiger partial charge in [-0.3, -0.25) is 4.79 Å². The number of ether oxygens (including phenoxy) is 1. The van der Waals surface area contributed by atoms with Gasteiger partial charge >= 0.3 is 5.97 Å². The number of nitrogens with one attached hydrogen (secondary N) is 1. The Hall–Kier alpha value is -4.06. The molecule has 0 amide bonds. The van der Waals surface area contributed by atoms with Gasteiger partial charge in [-0.05, 0) is 51.5 Å². The maximum Gasteiger partial charge on any atom is 0.337 e. The van der Waals surface area contributed by atoms with Crippen molar-refractivity contribution in [3.63, 3.8) is 0 Å². The highest BCUT2D eigenvalue weighted by Crippen LogP contribution is 2.31. The molecule has 6 nitrogen and oxygen atoms in total. The Labute approximate surface area is 198 Å². The van der Waals surface area contributed by atoms with Crippen molar-refractivity contribution in [3.8, 4) is 11.3 Å². The van der Waals surface area contributed by atoms with Gasteiger partial charge in [0.1, 0.15) is 11.3 Å². The van der Waals surface area contributed by atoms with E-state index in [0.717, 1.165) is 16.7 Å². The van der Waals surface area contributed by atoms with Crippen molar-refractivity contribution in [2.24, 2.45) is 0 Å². The van der Waals surface area contributed by atoms with E-state index in [-0.39, 0.29) is 11.0 Å². The van der Waals surface area contributed by atoms with Crippen LogP contribution in [0.3, 0.4) is 0 Å². The molecule has 34 heavy (non-hydrogen) atoms. The predicted molar refractivity (Wildman–Crippen MR) is 135 cm³/mol. The molecule has 2 aromatic carbocycles. The number of carboxylic acids is 1. The third kappa shape index (κ3) is 5.12. The number of carboxylic acid groups (broad SMARTS) is 1. The zero-order valence-corrected chi connectivity index (χ0v) is 20.1. The lowest BCUT2D eigenvalue weighted by molar-refractivity contribution is -0.132. The standard InChI is InChI=1S/C28H29NO5/c1-16-14-22(20(5)29-24(18(3)28(31)32)13-12-17(2)33-6)27-23(15-16)25(30)19(4)26(34-27)21-10-8-7-9-11-21/h7-15,20,29H,3H2,1-2,4-6H3,(H,31,32)/b17-12+,24-13+. The Kier molecular flexibility index (Phi) is 7.41. The maximum atomic E-state index is 13.3. The highest BCUT2D eigenvalue weighted by molar-refractivity contribution is 5.91. The minimum Gasteiger partial charge on any atom is -0.501 e. The summed E-state index contributed by atoms with van der Waals surface area (Å²) in [4.78, 5) is 24.9. The highest BCUT2D eigenvalue weighted by atomic mass is 16.5. The molecule has 176 valence electrons. The molecule has 0 bridgehead atoms. The fourth-order valence-corrected chi connectivity index (χ4v) is 3.68. The van der Waals surface area contributed by atoms with E-state index in [1.54, 1.807) is 26.0 Å². The van der Waals surface area contributed by atoms with Crippen LogP contribution in [0.25, 0.3) is 22.3 Å². The van der Waals surface area contributed by atoms with Crippen LogP contribution >= 0.6 is 0 Å². The van der Waals surface area contributed by atoms with E-state index in [4.69, 9.17) is 9.15 Å². The van der Waals surface area contributed by atoms with Gasteiger partial charge in [0.25, 0.3) is 0 Å². The lowest BCUT2D eigenvalue weighted by Crippen LogP contribution is -2.22. The minimum atomic E-state index is -1.14. The first-order valence-corrected chi connectivity index (χ1v) is 10.9. The van der Waals surface area contributed by atoms with E-state index in [9.17, 15) is 14.7 Å². The zero-order valence-electron chi connectivity index (χ0n) is 20.1. The van der Waals surface area contributed by atoms with Crippen LogP contribution in [0, 0.1) is 13.8 Å². The molecule has 0 saturated carbocycles. The summed E-state index contributed by atoms with van der Waals surface area (Å²) in [5.41, 5.74) is 3.58. The average Bonchev–Trinajstić information content (AvgIpc) is 2.83. The van der Waals surface area contributed by atoms with Crippen LogP contribution in [-0.4, -0.2) is 18.2 Å². The fraction of sp³-hybridized carbons (Fsp3) is 0.214. The molecule has 1 unspecified atom stereocenters. The topological polar surface area (TPSA) is 88.8 Å². The second-order valence-corrected chi connectivity index (χ2v) is 8.19. The van der Waals surface area contributed by atoms with Gasteiger partial charge in [-0.15, -0.1) is 0 Å². The van der Waals surface area contributed by atoms with Gasteiger partial charge in [-0.25, -0.2) is 4.79 Å². The number of aliphatic carboxylic acids is 1. The molecule has 0 saturated heterocycles. The molecule has 3 aromatic rings. The van der Waals surface area contributed by atoms with E-state index < -0.39 is 12.0 Å². The largest absolute Gasteiger partial charge is 0.501 e. The molecule has 0 aliphatic rings. The number of hydrogen-bond donors (Lipinski definition) is 2. The van der Waals surface area contributed by atoms with Gasteiger partial charge in [0.2, 0.25) is 0 Å². The summed E-state index contributed by atoms with van der Waals surface area (Å²) < 4.78 is 11.5. The van der Waals surface area contributed by atoms with Crippen molar-refractivity contribution >= 4 is 16.9 Å². The van der Waals surface area contributed by atoms with Crippen LogP contribution in [0.4, 0.5) is 0 Å². The van der Waals surface area contributed by atoms with Gasteiger partial charge < -0.3 is 19.6 Å². The molecule has 0 fully saturated rings. The molecule has 0 aliphatic heterocycles. The molecule has 3 rings (SSSR count). The third-order valence-electron chi connectivity index (χ3n) is 5.66. The minimum absolute atomic E-state index is 0.0915. The van der Waals surface area contributed by atoms with Crippen LogP contribution in [0.15, 0.2) is 87.4 Å². The van der Waals surface area contributed by atoms with E-state index in [1.807, 2.05) is 56.3 Å². The maximum absolute atomic E-state index is 13.3. The summed E-state index contributed by atoms with van der Waals surface area (Å²) >= 11 is 0. The molecule has 2 N–H and O–H groups in total. The van der Waals surface area contributed by atoms with Crippen LogP contribution < -0.4 is 10.7 Å². The zero-order chi connectivity index (χ0) is 25.0. The molecule has 1 aromatic heterocycles. The number of methoxy groups -OCH3 is 1. The van der Waals surface area contributed by atoms with Gasteiger partial charge in [-0.2, -0.15) is 0 Å². The number of carbonyl (C=O) groups is 1. The van der Waals surface area contributed by atoms with Crippen LogP contribution in [-0.2, 0) is 9.53 Å². The van der Waals surface area contributed by atoms with Crippen molar-refractivity contribution in [2.45, 2.75) is 33.7 Å². The predicted octanol–water partition coefficient (Wildman–Crippen LogP) is 5.80. The molecule has 1 atom stereocenters. The highest BCUT2D eigenvalue weighted by Gasteiger charge is 2.20. The van der Waals surface area contributed by atoms with E-state index >= 15 is 0 Å². The molecular weight excluding hydrogens is 430 g/mol. The molecular formula is C28H29NO5. The number of allylic oxidation sites excluding steroid dienone is 3. The molecule has 0 radical (unpaired) electrons. The summed E-state index contributed by atoms with van der Waals surface area (Å²) in [7, 11) is 1.54. The molecule has 0 aliphatic carbocycles. The van der Waals surface area contributed by atoms with Crippen molar-refractivity contribution in [3.05, 3.63) is 105 Å². The third-order valence-corrected chi connectivity index (χ3v) is 5.66. The van der Waals surface area contributed by atoms with Crippen LogP contribution in [0.2, 0.25) is 0 Å². The van der Waals surface area contributed by atoms with Crippen molar-refractivity contribution in [2.75, 3.05) is 7.11 Å². The first-order valence-electron chi connectivity index (χ1n) is 10.9. The van der Waals surface area contributed by atoms with Crippen molar-refractivity contribution < 1.29 is 19.1 Å². The summed E-state index contributed by atoms with van der Waals surface area (Å²) in [6.07, 6.45) is 3.27. The molecule has 0 spiro atoms. The number of rotatable bonds is 8. The first-order chi connectivity index (χ1) is 16.1. The smallest absolute Gasteiger partial charge is 0.337 e. The normalized spacial score (nSPS) is 13.0. The first kappa shape index (κ1) is 24.6. The lowest BCUT2D eigenvalue weighted by Gasteiger charge is -2.20. The van der Waals surface area contributed by atoms with Gasteiger partial charge in [0.05, 0.1) is 29.9 Å². The number of hydrogen-bond acceptors (Lipinski definition) is 5. The average molecular weight is 460 g/mol. The summed E-state index contributed by atoms with van der Waals surface area (Å²) in [6, 6.07) is 12.8. The van der Waals surface area contributed by atoms with E-state index in [1.165, 1.54) is 7.11 Å². The van der Waals surface area contributed by atoms with Crippen molar-refractivity contribution in [1.29, 1.82) is 0 Å². The Morgan fingerprint density at radius 3 is 2.47 bits per heavy atom. The fourth-order valence-electron chi connectivity index (χ4n) is 3.68. The van der Waals surface area contributed by atoms with Crippen LogP contribution in [0.5, 0.6) is 0 Å². The monoisotopic (exact) mass is 459 g/mol. The number of benzene rings is 2. The summed E-state index contributed by atoms with van der Waals surface area (Å²) in [5, 5.41) is 13.2. The van der Waals surface area contributed by atoms with E-state index in [0.29, 0.717) is 33.7 Å². The molecule has 6 heteroatoms. The Bertz CT molecular complexity index is 1360. The van der Waals surface area contributed by atoms with E-state index in [2.05, 4.69) is 11.9 Å². The second kappa shape index (κ2) is 10.3. The summed E-state index contributed by atoms with van der Waals surface area (Å²) in [5.74, 6) is -0.0167. The lowest BCUT2D eigenvalue weighted by atomic mass is 9.98. The SMILES string of the molecule is C=C(C(=O)O)/C(=C\C=C(/C)OC)NC(C)c1cc(C)cc2c(=O)c(C)c(-c3ccccc3)oc12. The quantitative estimate of drug-likeness (QED) is 0.251. The second-order valence-electron chi connectivity index (χ2n) is 8.19. The summed E-state index contributed by atoms with van der Waals surface area (Å²) in [6.45, 7) is 11.0. The number of aryl methyl sites for hydroxylation is 1. The molecule has 1 heterocycles. The van der Waals surface area contributed by atoms with Crippen LogP contribution in [0.1, 0.15) is 36.6 Å². The number of fused-ring (bicyclic) bond motifs is 1. The Morgan fingerprint density at radius 2 is 1.85 bits per heavy atom. The van der Waals surface area contributed by atoms with Gasteiger partial charge in [0.15, 0.2) is 5.43 Å².